The molecule has 2 amide bonds. The smallest absolute Gasteiger partial charge is 0.223 e. The lowest BCUT2D eigenvalue weighted by Gasteiger charge is -2.36. The van der Waals surface area contributed by atoms with Crippen molar-refractivity contribution < 1.29 is 9.59 Å². The first-order chi connectivity index (χ1) is 10.5. The Balaban J connectivity index is 1.79. The molecule has 2 aliphatic rings. The van der Waals surface area contributed by atoms with Crippen molar-refractivity contribution in [2.75, 3.05) is 26.2 Å². The van der Waals surface area contributed by atoms with E-state index < -0.39 is 5.41 Å². The van der Waals surface area contributed by atoms with Gasteiger partial charge in [-0.25, -0.2) is 0 Å². The summed E-state index contributed by atoms with van der Waals surface area (Å²) in [6.07, 6.45) is 6.84. The second kappa shape index (κ2) is 7.62. The van der Waals surface area contributed by atoms with Gasteiger partial charge in [0.1, 0.15) is 0 Å². The molecule has 122 valence electrons. The topological polar surface area (TPSA) is 64.4 Å². The summed E-state index contributed by atoms with van der Waals surface area (Å²) in [5, 5.41) is 9.22. The highest BCUT2D eigenvalue weighted by atomic mass is 16.2. The number of carbonyl (C=O) groups excluding carboxylic acids is 2. The third-order valence-electron chi connectivity index (χ3n) is 4.83. The summed E-state index contributed by atoms with van der Waals surface area (Å²) in [4.78, 5) is 28.2. The number of piperidine rings is 1. The molecular weight excluding hydrogens is 278 g/mol. The molecule has 0 bridgehead atoms. The van der Waals surface area contributed by atoms with Gasteiger partial charge in [-0.1, -0.05) is 12.8 Å². The molecule has 2 fully saturated rings. The number of carbonyl (C=O) groups is 2. The fraction of sp³-hybridized carbons (Fsp3) is 0.824. The molecule has 0 aromatic heterocycles. The maximum absolute atomic E-state index is 12.3. The molecule has 1 atom stereocenters. The molecule has 2 rings (SSSR count). The lowest BCUT2D eigenvalue weighted by molar-refractivity contribution is -0.138. The standard InChI is InChI=1S/C17H27N3O2/c1-17(13-18)9-6-12-20(14-17)16(22)8-7-15(21)19-10-4-2-3-5-11-19/h2-12,14H2,1H3. The van der Waals surface area contributed by atoms with Gasteiger partial charge < -0.3 is 9.80 Å². The summed E-state index contributed by atoms with van der Waals surface area (Å²) < 4.78 is 0. The Bertz CT molecular complexity index is 449. The van der Waals surface area contributed by atoms with Gasteiger partial charge in [-0.05, 0) is 32.6 Å². The van der Waals surface area contributed by atoms with Crippen LogP contribution in [0.15, 0.2) is 0 Å². The Labute approximate surface area is 133 Å². The lowest BCUT2D eigenvalue weighted by atomic mass is 9.83. The molecule has 22 heavy (non-hydrogen) atoms. The first kappa shape index (κ1) is 16.8. The largest absolute Gasteiger partial charge is 0.343 e. The van der Waals surface area contributed by atoms with Gasteiger partial charge in [-0.3, -0.25) is 9.59 Å². The maximum atomic E-state index is 12.3. The molecule has 0 N–H and O–H groups in total. The van der Waals surface area contributed by atoms with Crippen LogP contribution in [0.1, 0.15) is 58.3 Å². The zero-order valence-electron chi connectivity index (χ0n) is 13.6. The van der Waals surface area contributed by atoms with Gasteiger partial charge in [0.05, 0.1) is 11.5 Å². The van der Waals surface area contributed by atoms with Crippen molar-refractivity contribution in [3.63, 3.8) is 0 Å². The van der Waals surface area contributed by atoms with Gasteiger partial charge in [-0.2, -0.15) is 5.26 Å². The van der Waals surface area contributed by atoms with Crippen LogP contribution in [0.2, 0.25) is 0 Å². The zero-order valence-corrected chi connectivity index (χ0v) is 13.6. The Kier molecular flexibility index (Phi) is 5.82. The number of rotatable bonds is 3. The summed E-state index contributed by atoms with van der Waals surface area (Å²) >= 11 is 0. The van der Waals surface area contributed by atoms with Gasteiger partial charge in [0.25, 0.3) is 0 Å². The monoisotopic (exact) mass is 305 g/mol. The van der Waals surface area contributed by atoms with Crippen molar-refractivity contribution in [2.24, 2.45) is 5.41 Å². The van der Waals surface area contributed by atoms with Crippen LogP contribution < -0.4 is 0 Å². The molecule has 2 saturated heterocycles. The Morgan fingerprint density at radius 1 is 0.955 bits per heavy atom. The van der Waals surface area contributed by atoms with Gasteiger partial charge in [0.15, 0.2) is 0 Å². The lowest BCUT2D eigenvalue weighted by Crippen LogP contribution is -2.44. The molecule has 0 aromatic carbocycles. The van der Waals surface area contributed by atoms with Crippen molar-refractivity contribution in [1.82, 2.24) is 9.80 Å². The van der Waals surface area contributed by atoms with Gasteiger partial charge in [0.2, 0.25) is 11.8 Å². The highest BCUT2D eigenvalue weighted by Crippen LogP contribution is 2.28. The van der Waals surface area contributed by atoms with E-state index in [0.717, 1.165) is 38.8 Å². The minimum absolute atomic E-state index is 0.0179. The van der Waals surface area contributed by atoms with Gasteiger partial charge >= 0.3 is 0 Å². The van der Waals surface area contributed by atoms with Crippen LogP contribution in [0.4, 0.5) is 0 Å². The molecule has 5 nitrogen and oxygen atoms in total. The highest BCUT2D eigenvalue weighted by molar-refractivity contribution is 5.84. The van der Waals surface area contributed by atoms with Crippen LogP contribution in [0.3, 0.4) is 0 Å². The maximum Gasteiger partial charge on any atom is 0.223 e. The van der Waals surface area contributed by atoms with E-state index in [9.17, 15) is 14.9 Å². The van der Waals surface area contributed by atoms with E-state index in [-0.39, 0.29) is 18.2 Å². The van der Waals surface area contributed by atoms with Crippen LogP contribution in [0, 0.1) is 16.7 Å². The number of hydrogen-bond acceptors (Lipinski definition) is 3. The summed E-state index contributed by atoms with van der Waals surface area (Å²) in [6.45, 7) is 4.80. The summed E-state index contributed by atoms with van der Waals surface area (Å²) in [6, 6.07) is 2.32. The molecule has 2 aliphatic heterocycles. The van der Waals surface area contributed by atoms with Gasteiger partial charge in [0, 0.05) is 39.0 Å². The van der Waals surface area contributed by atoms with Crippen LogP contribution in [0.25, 0.3) is 0 Å². The fourth-order valence-electron chi connectivity index (χ4n) is 3.39. The third kappa shape index (κ3) is 4.46. The normalized spacial score (nSPS) is 26.2. The minimum Gasteiger partial charge on any atom is -0.343 e. The molecule has 1 unspecified atom stereocenters. The third-order valence-corrected chi connectivity index (χ3v) is 4.83. The van der Waals surface area contributed by atoms with Crippen molar-refractivity contribution in [1.29, 1.82) is 5.26 Å². The highest BCUT2D eigenvalue weighted by Gasteiger charge is 2.33. The average molecular weight is 305 g/mol. The second-order valence-electron chi connectivity index (χ2n) is 6.89. The first-order valence-corrected chi connectivity index (χ1v) is 8.51. The number of amides is 2. The van der Waals surface area contributed by atoms with Crippen LogP contribution in [-0.2, 0) is 9.59 Å². The minimum atomic E-state index is -0.428. The number of likely N-dealkylation sites (tertiary alicyclic amines) is 2. The molecular formula is C17H27N3O2. The quantitative estimate of drug-likeness (QED) is 0.804. The summed E-state index contributed by atoms with van der Waals surface area (Å²) in [5.74, 6) is 0.125. The number of nitrogens with zero attached hydrogens (tertiary/aromatic N) is 3. The SMILES string of the molecule is CC1(C#N)CCCN(C(=O)CCC(=O)N2CCCCCC2)C1. The van der Waals surface area contributed by atoms with Crippen molar-refractivity contribution in [2.45, 2.75) is 58.3 Å². The molecule has 0 aliphatic carbocycles. The molecule has 0 spiro atoms. The van der Waals surface area contributed by atoms with E-state index in [1.807, 2.05) is 11.8 Å². The molecule has 5 heteroatoms. The van der Waals surface area contributed by atoms with E-state index in [0.29, 0.717) is 19.5 Å². The molecule has 0 aromatic rings. The number of hydrogen-bond donors (Lipinski definition) is 0. The van der Waals surface area contributed by atoms with E-state index in [1.54, 1.807) is 4.90 Å². The second-order valence-corrected chi connectivity index (χ2v) is 6.89. The Hall–Kier alpha value is -1.57. The Morgan fingerprint density at radius 2 is 1.50 bits per heavy atom. The number of nitriles is 1. The molecule has 2 heterocycles. The van der Waals surface area contributed by atoms with Crippen LogP contribution in [-0.4, -0.2) is 47.8 Å². The average Bonchev–Trinajstić information content (AvgIpc) is 2.81. The van der Waals surface area contributed by atoms with Crippen molar-refractivity contribution in [3.8, 4) is 6.07 Å². The van der Waals surface area contributed by atoms with Crippen LogP contribution >= 0.6 is 0 Å². The summed E-state index contributed by atoms with van der Waals surface area (Å²) in [7, 11) is 0. The molecule has 0 radical (unpaired) electrons. The molecule has 0 saturated carbocycles. The summed E-state index contributed by atoms with van der Waals surface area (Å²) in [5.41, 5.74) is -0.428. The van der Waals surface area contributed by atoms with Crippen molar-refractivity contribution >= 4 is 11.8 Å². The predicted molar refractivity (Wildman–Crippen MR) is 83.8 cm³/mol. The zero-order chi connectivity index (χ0) is 16.0. The first-order valence-electron chi connectivity index (χ1n) is 8.51. The fourth-order valence-corrected chi connectivity index (χ4v) is 3.39. The van der Waals surface area contributed by atoms with E-state index in [1.165, 1.54) is 12.8 Å². The van der Waals surface area contributed by atoms with Gasteiger partial charge in [-0.15, -0.1) is 0 Å². The predicted octanol–water partition coefficient (Wildman–Crippen LogP) is 2.32. The van der Waals surface area contributed by atoms with E-state index >= 15 is 0 Å². The Morgan fingerprint density at radius 3 is 2.09 bits per heavy atom. The van der Waals surface area contributed by atoms with Crippen molar-refractivity contribution in [3.05, 3.63) is 0 Å². The van der Waals surface area contributed by atoms with E-state index in [4.69, 9.17) is 0 Å². The van der Waals surface area contributed by atoms with Crippen LogP contribution in [0.5, 0.6) is 0 Å². The van der Waals surface area contributed by atoms with E-state index in [2.05, 4.69) is 6.07 Å².